The number of aromatic nitrogens is 2. The molecule has 1 N–H and O–H groups in total. The minimum atomic E-state index is -0.666. The normalized spacial score (nSPS) is 15.0. The first-order valence-corrected chi connectivity index (χ1v) is 12.6. The molecule has 0 saturated carbocycles. The number of nitrogens with one attached hydrogen (secondary N) is 1. The van der Waals surface area contributed by atoms with Crippen molar-refractivity contribution in [3.8, 4) is 0 Å². The molecule has 1 amide bonds. The molecule has 0 aliphatic carbocycles. The highest BCUT2D eigenvalue weighted by Crippen LogP contribution is 2.37. The molecule has 8 nitrogen and oxygen atoms in total. The number of nitrogens with zero attached hydrogens (tertiary/aromatic N) is 4. The summed E-state index contributed by atoms with van der Waals surface area (Å²) in [5, 5.41) is 2.92. The Kier molecular flexibility index (Phi) is 7.24. The van der Waals surface area contributed by atoms with Gasteiger partial charge in [0.25, 0.3) is 0 Å². The number of carbonyl (C=O) groups excluding carboxylic acids is 2. The lowest BCUT2D eigenvalue weighted by atomic mass is 9.90. The predicted octanol–water partition coefficient (Wildman–Crippen LogP) is 5.11. The average Bonchev–Trinajstić information content (AvgIpc) is 3.29. The van der Waals surface area contributed by atoms with Crippen molar-refractivity contribution in [2.75, 3.05) is 25.5 Å². The van der Waals surface area contributed by atoms with Gasteiger partial charge in [-0.05, 0) is 66.2 Å². The van der Waals surface area contributed by atoms with Crippen molar-refractivity contribution in [3.63, 3.8) is 0 Å². The first-order valence-electron chi connectivity index (χ1n) is 12.6. The maximum absolute atomic E-state index is 13.4. The van der Waals surface area contributed by atoms with E-state index in [-0.39, 0.29) is 5.91 Å². The summed E-state index contributed by atoms with van der Waals surface area (Å²) in [5.74, 6) is -1.34. The first kappa shape index (κ1) is 25.2. The van der Waals surface area contributed by atoms with Crippen LogP contribution >= 0.6 is 0 Å². The van der Waals surface area contributed by atoms with Gasteiger partial charge in [-0.15, -0.1) is 0 Å². The number of aliphatic imine (C=N–C) groups is 1. The molecule has 0 saturated heterocycles. The zero-order valence-electron chi connectivity index (χ0n) is 21.6. The van der Waals surface area contributed by atoms with Crippen LogP contribution in [-0.2, 0) is 16.1 Å². The Labute approximate surface area is 221 Å². The third kappa shape index (κ3) is 5.03. The molecule has 1 aromatic heterocycles. The second-order valence-electron chi connectivity index (χ2n) is 9.10. The fourth-order valence-electron chi connectivity index (χ4n) is 4.72. The maximum atomic E-state index is 13.4. The Morgan fingerprint density at radius 2 is 1.66 bits per heavy atom. The predicted molar refractivity (Wildman–Crippen MR) is 148 cm³/mol. The molecule has 8 heteroatoms. The van der Waals surface area contributed by atoms with Crippen LogP contribution in [0.3, 0.4) is 0 Å². The van der Waals surface area contributed by atoms with Gasteiger partial charge in [-0.3, -0.25) is 24.7 Å². The number of carbonyl (C=O) groups is 2. The Hall–Kier alpha value is -4.43. The van der Waals surface area contributed by atoms with Crippen molar-refractivity contribution >= 4 is 40.0 Å². The molecule has 2 heterocycles. The zero-order chi connectivity index (χ0) is 26.6. The van der Waals surface area contributed by atoms with Crippen LogP contribution in [0, 0.1) is 0 Å². The Morgan fingerprint density at radius 1 is 0.947 bits per heavy atom. The highest BCUT2D eigenvalue weighted by molar-refractivity contribution is 6.24. The third-order valence-corrected chi connectivity index (χ3v) is 6.83. The van der Waals surface area contributed by atoms with Crippen molar-refractivity contribution in [3.05, 3.63) is 95.3 Å². The van der Waals surface area contributed by atoms with Gasteiger partial charge >= 0.3 is 5.97 Å². The molecule has 1 aliphatic heterocycles. The lowest BCUT2D eigenvalue weighted by Gasteiger charge is -2.18. The second-order valence-corrected chi connectivity index (χ2v) is 9.10. The van der Waals surface area contributed by atoms with Crippen molar-refractivity contribution < 1.29 is 14.3 Å². The minimum Gasteiger partial charge on any atom is -0.465 e. The van der Waals surface area contributed by atoms with Gasteiger partial charge in [0, 0.05) is 24.6 Å². The summed E-state index contributed by atoms with van der Waals surface area (Å²) in [4.78, 5) is 41.6. The van der Waals surface area contributed by atoms with Crippen LogP contribution in [0.5, 0.6) is 0 Å². The number of amides is 1. The Balaban J connectivity index is 1.59. The molecule has 38 heavy (non-hydrogen) atoms. The number of hydrogen-bond donors (Lipinski definition) is 1. The topological polar surface area (TPSA) is 96.8 Å². The molecule has 0 fully saturated rings. The van der Waals surface area contributed by atoms with Crippen molar-refractivity contribution in [1.82, 2.24) is 14.9 Å². The number of fused-ring (bicyclic) bond motifs is 2. The van der Waals surface area contributed by atoms with Crippen LogP contribution in [0.4, 0.5) is 11.4 Å². The van der Waals surface area contributed by atoms with Crippen molar-refractivity contribution in [2.45, 2.75) is 26.3 Å². The van der Waals surface area contributed by atoms with Gasteiger partial charge < -0.3 is 10.1 Å². The van der Waals surface area contributed by atoms with E-state index in [9.17, 15) is 9.59 Å². The average molecular weight is 508 g/mol. The van der Waals surface area contributed by atoms with Gasteiger partial charge in [0.05, 0.1) is 35.1 Å². The molecule has 5 rings (SSSR count). The van der Waals surface area contributed by atoms with Crippen LogP contribution in [0.15, 0.2) is 78.0 Å². The number of methoxy groups -OCH3 is 1. The molecular formula is C30H29N5O3. The smallest absolute Gasteiger partial charge is 0.337 e. The number of hydrogen-bond acceptors (Lipinski definition) is 7. The van der Waals surface area contributed by atoms with Crippen molar-refractivity contribution in [2.24, 2.45) is 4.99 Å². The van der Waals surface area contributed by atoms with Gasteiger partial charge in [0.15, 0.2) is 0 Å². The summed E-state index contributed by atoms with van der Waals surface area (Å²) >= 11 is 0. The van der Waals surface area contributed by atoms with Gasteiger partial charge in [0.1, 0.15) is 5.92 Å². The first-order chi connectivity index (χ1) is 18.5. The number of esters is 1. The van der Waals surface area contributed by atoms with E-state index in [1.165, 1.54) is 12.7 Å². The Bertz CT molecular complexity index is 1530. The van der Waals surface area contributed by atoms with Gasteiger partial charge in [-0.2, -0.15) is 0 Å². The largest absolute Gasteiger partial charge is 0.465 e. The SMILES string of the molecule is CCN(CC)Cc1ccc(N=C(c2ccc3nccnc3c2)C2C(=O)Nc3cc(C(=O)OC)ccc32)cc1. The fraction of sp³-hybridized carbons (Fsp3) is 0.233. The summed E-state index contributed by atoms with van der Waals surface area (Å²) in [7, 11) is 1.33. The highest BCUT2D eigenvalue weighted by atomic mass is 16.5. The van der Waals surface area contributed by atoms with E-state index < -0.39 is 11.9 Å². The van der Waals surface area contributed by atoms with Crippen LogP contribution in [0.25, 0.3) is 11.0 Å². The summed E-state index contributed by atoms with van der Waals surface area (Å²) < 4.78 is 4.84. The lowest BCUT2D eigenvalue weighted by Crippen LogP contribution is -2.22. The number of ether oxygens (including phenoxy) is 1. The third-order valence-electron chi connectivity index (χ3n) is 6.83. The summed E-state index contributed by atoms with van der Waals surface area (Å²) in [6, 6.07) is 18.9. The lowest BCUT2D eigenvalue weighted by molar-refractivity contribution is -0.115. The maximum Gasteiger partial charge on any atom is 0.337 e. The van der Waals surface area contributed by atoms with Crippen molar-refractivity contribution in [1.29, 1.82) is 0 Å². The summed E-state index contributed by atoms with van der Waals surface area (Å²) in [6.45, 7) is 7.15. The summed E-state index contributed by atoms with van der Waals surface area (Å²) in [6.07, 6.45) is 3.29. The van der Waals surface area contributed by atoms with E-state index in [4.69, 9.17) is 9.73 Å². The van der Waals surface area contributed by atoms with E-state index in [1.54, 1.807) is 30.6 Å². The van der Waals surface area contributed by atoms with E-state index in [1.807, 2.05) is 30.3 Å². The Morgan fingerprint density at radius 3 is 2.37 bits per heavy atom. The molecule has 1 atom stereocenters. The second kappa shape index (κ2) is 10.9. The molecule has 4 aromatic rings. The fourth-order valence-corrected chi connectivity index (χ4v) is 4.72. The van der Waals surface area contributed by atoms with E-state index in [2.05, 4.69) is 46.2 Å². The molecule has 3 aromatic carbocycles. The minimum absolute atomic E-state index is 0.210. The molecule has 0 radical (unpaired) electrons. The van der Waals surface area contributed by atoms with E-state index in [0.29, 0.717) is 22.5 Å². The van der Waals surface area contributed by atoms with E-state index >= 15 is 0 Å². The zero-order valence-corrected chi connectivity index (χ0v) is 21.6. The number of benzene rings is 3. The van der Waals surface area contributed by atoms with Crippen LogP contribution in [-0.4, -0.2) is 52.7 Å². The molecule has 0 bridgehead atoms. The van der Waals surface area contributed by atoms with Gasteiger partial charge in [-0.25, -0.2) is 4.79 Å². The molecule has 1 unspecified atom stereocenters. The van der Waals surface area contributed by atoms with E-state index in [0.717, 1.165) is 42.0 Å². The molecule has 0 spiro atoms. The van der Waals surface area contributed by atoms with Gasteiger partial charge in [-0.1, -0.05) is 38.1 Å². The quantitative estimate of drug-likeness (QED) is 0.263. The number of anilines is 1. The van der Waals surface area contributed by atoms with Crippen LogP contribution < -0.4 is 5.32 Å². The highest BCUT2D eigenvalue weighted by Gasteiger charge is 2.36. The van der Waals surface area contributed by atoms with Crippen LogP contribution in [0.2, 0.25) is 0 Å². The van der Waals surface area contributed by atoms with Gasteiger partial charge in [0.2, 0.25) is 5.91 Å². The summed E-state index contributed by atoms with van der Waals surface area (Å²) in [5.41, 5.74) is 6.48. The standard InChI is InChI=1S/C30H29N5O3/c1-4-35(5-2)18-19-6-10-22(11-7-19)33-28(20-9-13-24-26(16-20)32-15-14-31-24)27-23-12-8-21(30(37)38-3)17-25(23)34-29(27)36/h6-17,27H,4-5,18H2,1-3H3,(H,34,36). The van der Waals surface area contributed by atoms with Crippen LogP contribution in [0.1, 0.15) is 46.8 Å². The molecular weight excluding hydrogens is 478 g/mol. The number of rotatable bonds is 8. The molecule has 192 valence electrons. The molecule has 1 aliphatic rings. The monoisotopic (exact) mass is 507 g/mol.